The molecule has 0 radical (unpaired) electrons. The number of piperidine rings is 1. The molecule has 0 atom stereocenters. The number of carboxylic acids is 1. The quantitative estimate of drug-likeness (QED) is 0.835. The third kappa shape index (κ3) is 2.37. The van der Waals surface area contributed by atoms with E-state index in [1.165, 1.54) is 7.11 Å². The lowest BCUT2D eigenvalue weighted by molar-refractivity contribution is -0.168. The Bertz CT molecular complexity index is 424. The second kappa shape index (κ2) is 5.03. The molecule has 1 aromatic rings. The molecule has 1 aromatic heterocycles. The summed E-state index contributed by atoms with van der Waals surface area (Å²) < 4.78 is 9.82. The maximum Gasteiger partial charge on any atom is 0.336 e. The molecule has 0 unspecified atom stereocenters. The summed E-state index contributed by atoms with van der Waals surface area (Å²) in [4.78, 5) is 13.3. The Morgan fingerprint density at radius 1 is 1.50 bits per heavy atom. The second-order valence-corrected chi connectivity index (χ2v) is 4.58. The minimum absolute atomic E-state index is 0.475. The van der Waals surface area contributed by atoms with Gasteiger partial charge in [0.25, 0.3) is 0 Å². The van der Waals surface area contributed by atoms with Gasteiger partial charge >= 0.3 is 5.97 Å². The number of aryl methyl sites for hydroxylation is 1. The fourth-order valence-corrected chi connectivity index (χ4v) is 2.18. The van der Waals surface area contributed by atoms with E-state index in [0.717, 1.165) is 11.4 Å². The van der Waals surface area contributed by atoms with Crippen molar-refractivity contribution in [3.63, 3.8) is 0 Å². The van der Waals surface area contributed by atoms with E-state index < -0.39 is 11.6 Å². The van der Waals surface area contributed by atoms with Gasteiger partial charge in [-0.2, -0.15) is 0 Å². The van der Waals surface area contributed by atoms with E-state index in [1.54, 1.807) is 0 Å². The second-order valence-electron chi connectivity index (χ2n) is 4.58. The number of hydrogen-bond acceptors (Lipinski definition) is 6. The van der Waals surface area contributed by atoms with Crippen molar-refractivity contribution in [2.24, 2.45) is 0 Å². The van der Waals surface area contributed by atoms with Gasteiger partial charge in [0.15, 0.2) is 5.60 Å². The molecule has 1 saturated heterocycles. The fourth-order valence-electron chi connectivity index (χ4n) is 2.18. The van der Waals surface area contributed by atoms with Crippen LogP contribution in [-0.2, 0) is 16.1 Å². The third-order valence-electron chi connectivity index (χ3n) is 3.56. The van der Waals surface area contributed by atoms with E-state index in [2.05, 4.69) is 19.8 Å². The van der Waals surface area contributed by atoms with Crippen LogP contribution in [0.4, 0.5) is 0 Å². The summed E-state index contributed by atoms with van der Waals surface area (Å²) in [6, 6.07) is 0. The SMILES string of the molecule is COC1(C(=O)O)CCN(Cc2nonc2C)CC1. The summed E-state index contributed by atoms with van der Waals surface area (Å²) in [7, 11) is 1.45. The zero-order valence-electron chi connectivity index (χ0n) is 10.5. The van der Waals surface area contributed by atoms with Gasteiger partial charge in [-0.15, -0.1) is 0 Å². The number of carboxylic acid groups (broad SMARTS) is 1. The van der Waals surface area contributed by atoms with Gasteiger partial charge in [0.05, 0.1) is 0 Å². The Kier molecular flexibility index (Phi) is 3.63. The van der Waals surface area contributed by atoms with Crippen LogP contribution < -0.4 is 0 Å². The van der Waals surface area contributed by atoms with Crippen molar-refractivity contribution in [3.05, 3.63) is 11.4 Å². The lowest BCUT2D eigenvalue weighted by atomic mass is 9.91. The predicted octanol–water partition coefficient (Wildman–Crippen LogP) is 0.444. The summed E-state index contributed by atoms with van der Waals surface area (Å²) in [6.07, 6.45) is 0.951. The largest absolute Gasteiger partial charge is 0.479 e. The average Bonchev–Trinajstić information content (AvgIpc) is 2.76. The average molecular weight is 255 g/mol. The van der Waals surface area contributed by atoms with Crippen LogP contribution in [0.25, 0.3) is 0 Å². The van der Waals surface area contributed by atoms with Crippen LogP contribution in [-0.4, -0.2) is 52.1 Å². The van der Waals surface area contributed by atoms with Gasteiger partial charge in [-0.1, -0.05) is 10.3 Å². The van der Waals surface area contributed by atoms with E-state index in [1.807, 2.05) is 6.92 Å². The molecule has 18 heavy (non-hydrogen) atoms. The highest BCUT2D eigenvalue weighted by atomic mass is 16.6. The van der Waals surface area contributed by atoms with Crippen LogP contribution in [0.1, 0.15) is 24.2 Å². The predicted molar refractivity (Wildman–Crippen MR) is 60.9 cm³/mol. The van der Waals surface area contributed by atoms with Gasteiger partial charge in [-0.05, 0) is 19.8 Å². The maximum atomic E-state index is 11.2. The van der Waals surface area contributed by atoms with E-state index in [-0.39, 0.29) is 0 Å². The lowest BCUT2D eigenvalue weighted by Gasteiger charge is -2.37. The molecule has 0 spiro atoms. The van der Waals surface area contributed by atoms with E-state index >= 15 is 0 Å². The Hall–Kier alpha value is -1.47. The number of methoxy groups -OCH3 is 1. The summed E-state index contributed by atoms with van der Waals surface area (Å²) in [6.45, 7) is 3.79. The molecule has 0 aromatic carbocycles. The first-order valence-electron chi connectivity index (χ1n) is 5.86. The van der Waals surface area contributed by atoms with Crippen molar-refractivity contribution < 1.29 is 19.3 Å². The molecular formula is C11H17N3O4. The number of ether oxygens (including phenoxy) is 1. The molecule has 0 aliphatic carbocycles. The maximum absolute atomic E-state index is 11.2. The van der Waals surface area contributed by atoms with Gasteiger partial charge in [-0.3, -0.25) is 4.90 Å². The Labute approximate surface area is 105 Å². The van der Waals surface area contributed by atoms with Crippen LogP contribution in [0.5, 0.6) is 0 Å². The number of aliphatic carboxylic acids is 1. The monoisotopic (exact) mass is 255 g/mol. The number of aromatic nitrogens is 2. The topological polar surface area (TPSA) is 88.7 Å². The summed E-state index contributed by atoms with van der Waals surface area (Å²) >= 11 is 0. The van der Waals surface area contributed by atoms with Gasteiger partial charge in [0.2, 0.25) is 0 Å². The van der Waals surface area contributed by atoms with Gasteiger partial charge < -0.3 is 9.84 Å². The zero-order chi connectivity index (χ0) is 13.2. The molecule has 7 heteroatoms. The highest BCUT2D eigenvalue weighted by molar-refractivity contribution is 5.77. The van der Waals surface area contributed by atoms with Crippen LogP contribution >= 0.6 is 0 Å². The van der Waals surface area contributed by atoms with Crippen molar-refractivity contribution in [2.75, 3.05) is 20.2 Å². The van der Waals surface area contributed by atoms with Crippen molar-refractivity contribution in [2.45, 2.75) is 31.9 Å². The van der Waals surface area contributed by atoms with Crippen molar-refractivity contribution in [1.29, 1.82) is 0 Å². The molecule has 2 rings (SSSR count). The van der Waals surface area contributed by atoms with Crippen LogP contribution in [0.2, 0.25) is 0 Å². The van der Waals surface area contributed by atoms with E-state index in [9.17, 15) is 9.90 Å². The molecule has 7 nitrogen and oxygen atoms in total. The van der Waals surface area contributed by atoms with Gasteiger partial charge in [0, 0.05) is 26.7 Å². The molecule has 1 aliphatic rings. The normalized spacial score (nSPS) is 19.9. The molecule has 2 heterocycles. The molecule has 1 fully saturated rings. The number of carbonyl (C=O) groups is 1. The Morgan fingerprint density at radius 3 is 2.61 bits per heavy atom. The van der Waals surface area contributed by atoms with Crippen LogP contribution in [0, 0.1) is 6.92 Å². The smallest absolute Gasteiger partial charge is 0.336 e. The van der Waals surface area contributed by atoms with Gasteiger partial charge in [-0.25, -0.2) is 9.42 Å². The van der Waals surface area contributed by atoms with Crippen molar-refractivity contribution >= 4 is 5.97 Å². The molecule has 0 amide bonds. The van der Waals surface area contributed by atoms with Crippen LogP contribution in [0.15, 0.2) is 4.63 Å². The molecule has 0 bridgehead atoms. The zero-order valence-corrected chi connectivity index (χ0v) is 10.5. The van der Waals surface area contributed by atoms with Crippen molar-refractivity contribution in [3.8, 4) is 0 Å². The third-order valence-corrected chi connectivity index (χ3v) is 3.56. The first-order chi connectivity index (χ1) is 8.57. The molecular weight excluding hydrogens is 238 g/mol. The van der Waals surface area contributed by atoms with Crippen molar-refractivity contribution in [1.82, 2.24) is 15.2 Å². The number of hydrogen-bond donors (Lipinski definition) is 1. The Morgan fingerprint density at radius 2 is 2.17 bits per heavy atom. The summed E-state index contributed by atoms with van der Waals surface area (Å²) in [5, 5.41) is 16.7. The highest BCUT2D eigenvalue weighted by Gasteiger charge is 2.41. The fraction of sp³-hybridized carbons (Fsp3) is 0.727. The number of rotatable bonds is 4. The van der Waals surface area contributed by atoms with E-state index in [0.29, 0.717) is 32.5 Å². The standard InChI is InChI=1S/C11H17N3O4/c1-8-9(13-18-12-8)7-14-5-3-11(17-2,4-6-14)10(15)16/h3-7H2,1-2H3,(H,15,16). The number of nitrogens with zero attached hydrogens (tertiary/aromatic N) is 3. The minimum Gasteiger partial charge on any atom is -0.479 e. The molecule has 0 saturated carbocycles. The Balaban J connectivity index is 1.94. The first-order valence-corrected chi connectivity index (χ1v) is 5.86. The molecule has 1 aliphatic heterocycles. The lowest BCUT2D eigenvalue weighted by Crippen LogP contribution is -2.50. The van der Waals surface area contributed by atoms with Crippen LogP contribution in [0.3, 0.4) is 0 Å². The molecule has 1 N–H and O–H groups in total. The van der Waals surface area contributed by atoms with E-state index in [4.69, 9.17) is 4.74 Å². The minimum atomic E-state index is -1.03. The summed E-state index contributed by atoms with van der Waals surface area (Å²) in [5.74, 6) is -0.885. The molecule has 100 valence electrons. The highest BCUT2D eigenvalue weighted by Crippen LogP contribution is 2.26. The first kappa shape index (κ1) is 13.0. The number of likely N-dealkylation sites (tertiary alicyclic amines) is 1. The van der Waals surface area contributed by atoms with Gasteiger partial charge in [0.1, 0.15) is 11.4 Å². The summed E-state index contributed by atoms with van der Waals surface area (Å²) in [5.41, 5.74) is 0.542.